The predicted molar refractivity (Wildman–Crippen MR) is 116 cm³/mol. The zero-order valence-electron chi connectivity index (χ0n) is 16.9. The summed E-state index contributed by atoms with van der Waals surface area (Å²) in [6.45, 7) is 0. The zero-order valence-corrected chi connectivity index (χ0v) is 16.9. The van der Waals surface area contributed by atoms with Crippen LogP contribution in [0.3, 0.4) is 0 Å². The number of ether oxygens (including phenoxy) is 2. The van der Waals surface area contributed by atoms with Crippen LogP contribution in [-0.2, 0) is 4.79 Å². The topological polar surface area (TPSA) is 71.4 Å². The number of aliphatic imine (C=N–C) groups is 1. The maximum atomic E-state index is 13.4. The lowest BCUT2D eigenvalue weighted by molar-refractivity contribution is -0.113. The number of nitrogens with zero attached hydrogens (tertiary/aromatic N) is 2. The Morgan fingerprint density at radius 1 is 0.968 bits per heavy atom. The van der Waals surface area contributed by atoms with E-state index in [0.29, 0.717) is 34.1 Å². The van der Waals surface area contributed by atoms with Crippen molar-refractivity contribution in [2.24, 2.45) is 4.99 Å². The molecule has 3 aromatic rings. The number of anilines is 1. The number of phenols is 1. The fourth-order valence-corrected chi connectivity index (χ4v) is 3.24. The molecule has 0 unspecified atom stereocenters. The van der Waals surface area contributed by atoms with E-state index in [1.807, 2.05) is 0 Å². The Balaban J connectivity index is 1.82. The number of carbonyl (C=O) groups excluding carboxylic acids is 1. The smallest absolute Gasteiger partial charge is 0.282 e. The molecule has 1 aliphatic rings. The fraction of sp³-hybridized carbons (Fsp3) is 0.0833. The first-order valence-corrected chi connectivity index (χ1v) is 9.42. The lowest BCUT2D eigenvalue weighted by Crippen LogP contribution is -2.32. The largest absolute Gasteiger partial charge is 0.508 e. The number of rotatable bonds is 5. The summed E-state index contributed by atoms with van der Waals surface area (Å²) < 4.78 is 24.1. The molecule has 3 aromatic carbocycles. The first kappa shape index (κ1) is 20.2. The number of amidine groups is 1. The number of benzene rings is 3. The molecule has 4 rings (SSSR count). The summed E-state index contributed by atoms with van der Waals surface area (Å²) in [5.74, 6) is 0.842. The van der Waals surface area contributed by atoms with Crippen LogP contribution in [0.5, 0.6) is 17.2 Å². The van der Waals surface area contributed by atoms with Crippen LogP contribution in [0.25, 0.3) is 6.08 Å². The summed E-state index contributed by atoms with van der Waals surface area (Å²) in [6.07, 6.45) is 1.63. The molecule has 0 atom stereocenters. The average Bonchev–Trinajstić information content (AvgIpc) is 3.11. The van der Waals surface area contributed by atoms with E-state index in [0.717, 1.165) is 0 Å². The Bertz CT molecular complexity index is 1190. The first-order valence-electron chi connectivity index (χ1n) is 9.42. The molecule has 1 amide bonds. The third-order valence-corrected chi connectivity index (χ3v) is 4.80. The van der Waals surface area contributed by atoms with Gasteiger partial charge in [-0.25, -0.2) is 9.38 Å². The third-order valence-electron chi connectivity index (χ3n) is 4.80. The van der Waals surface area contributed by atoms with Gasteiger partial charge in [0.2, 0.25) is 0 Å². The molecule has 0 aliphatic carbocycles. The van der Waals surface area contributed by atoms with E-state index in [4.69, 9.17) is 9.47 Å². The molecule has 31 heavy (non-hydrogen) atoms. The molecule has 0 aromatic heterocycles. The van der Waals surface area contributed by atoms with Gasteiger partial charge in [-0.1, -0.05) is 0 Å². The molecule has 0 radical (unpaired) electrons. The molecule has 0 spiro atoms. The summed E-state index contributed by atoms with van der Waals surface area (Å²) in [7, 11) is 3.09. The van der Waals surface area contributed by atoms with Gasteiger partial charge < -0.3 is 14.6 Å². The highest BCUT2D eigenvalue weighted by Crippen LogP contribution is 2.32. The van der Waals surface area contributed by atoms with Crippen molar-refractivity contribution in [3.8, 4) is 17.2 Å². The summed E-state index contributed by atoms with van der Waals surface area (Å²) in [5.41, 5.74) is 1.95. The summed E-state index contributed by atoms with van der Waals surface area (Å²) in [5, 5.41) is 9.62. The van der Waals surface area contributed by atoms with Crippen molar-refractivity contribution in [3.63, 3.8) is 0 Å². The second-order valence-electron chi connectivity index (χ2n) is 6.74. The minimum Gasteiger partial charge on any atom is -0.508 e. The van der Waals surface area contributed by atoms with Crippen molar-refractivity contribution in [2.75, 3.05) is 19.1 Å². The second-order valence-corrected chi connectivity index (χ2v) is 6.74. The number of hydrogen-bond acceptors (Lipinski definition) is 5. The summed E-state index contributed by atoms with van der Waals surface area (Å²) >= 11 is 0. The Morgan fingerprint density at radius 3 is 2.32 bits per heavy atom. The highest BCUT2D eigenvalue weighted by molar-refractivity contribution is 6.33. The minimum atomic E-state index is -0.386. The molecule has 1 N–H and O–H groups in total. The van der Waals surface area contributed by atoms with Crippen LogP contribution in [0.2, 0.25) is 0 Å². The number of carbonyl (C=O) groups is 1. The van der Waals surface area contributed by atoms with Gasteiger partial charge in [-0.3, -0.25) is 9.69 Å². The number of methoxy groups -OCH3 is 2. The number of halogens is 1. The fourth-order valence-electron chi connectivity index (χ4n) is 3.24. The predicted octanol–water partition coefficient (Wildman–Crippen LogP) is 4.38. The third kappa shape index (κ3) is 3.98. The molecule has 0 saturated heterocycles. The molecule has 1 aliphatic heterocycles. The van der Waals surface area contributed by atoms with Crippen LogP contribution in [0.1, 0.15) is 11.1 Å². The van der Waals surface area contributed by atoms with Crippen molar-refractivity contribution >= 4 is 23.5 Å². The van der Waals surface area contributed by atoms with E-state index in [2.05, 4.69) is 4.99 Å². The van der Waals surface area contributed by atoms with Crippen LogP contribution in [0.4, 0.5) is 10.1 Å². The summed E-state index contributed by atoms with van der Waals surface area (Å²) in [6, 6.07) is 17.2. The Morgan fingerprint density at radius 2 is 1.68 bits per heavy atom. The van der Waals surface area contributed by atoms with Crippen LogP contribution >= 0.6 is 0 Å². The van der Waals surface area contributed by atoms with Gasteiger partial charge in [-0.2, -0.15) is 0 Å². The highest BCUT2D eigenvalue weighted by Gasteiger charge is 2.32. The number of phenolic OH excluding ortho intramolecular Hbond substituents is 1. The lowest BCUT2D eigenvalue weighted by atomic mass is 10.1. The zero-order chi connectivity index (χ0) is 22.0. The number of amides is 1. The van der Waals surface area contributed by atoms with Crippen molar-refractivity contribution in [1.82, 2.24) is 0 Å². The van der Waals surface area contributed by atoms with E-state index >= 15 is 0 Å². The van der Waals surface area contributed by atoms with Gasteiger partial charge in [0.05, 0.1) is 19.9 Å². The van der Waals surface area contributed by atoms with Crippen LogP contribution in [0.15, 0.2) is 77.4 Å². The van der Waals surface area contributed by atoms with Crippen LogP contribution < -0.4 is 14.4 Å². The van der Waals surface area contributed by atoms with Crippen molar-refractivity contribution < 1.29 is 23.8 Å². The number of hydrogen-bond donors (Lipinski definition) is 1. The standard InChI is InChI=1S/C24H19FN2O4/c1-30-20-12-5-16(22(14-20)31-2)13-21-24(29)27(18-8-10-19(28)11-9-18)23(26-21)15-3-6-17(25)7-4-15/h3-14,28H,1-2H3/b21-13+. The van der Waals surface area contributed by atoms with Gasteiger partial charge in [0.25, 0.3) is 5.91 Å². The van der Waals surface area contributed by atoms with E-state index in [1.165, 1.54) is 36.3 Å². The quantitative estimate of drug-likeness (QED) is 0.624. The Hall–Kier alpha value is -4.13. The Kier molecular flexibility index (Phi) is 5.41. The molecule has 0 bridgehead atoms. The average molecular weight is 418 g/mol. The molecular formula is C24H19FN2O4. The minimum absolute atomic E-state index is 0.0781. The van der Waals surface area contributed by atoms with Gasteiger partial charge in [0.1, 0.15) is 34.6 Å². The van der Waals surface area contributed by atoms with E-state index < -0.39 is 0 Å². The van der Waals surface area contributed by atoms with E-state index in [9.17, 15) is 14.3 Å². The first-order chi connectivity index (χ1) is 15.0. The van der Waals surface area contributed by atoms with Crippen LogP contribution in [-0.4, -0.2) is 31.1 Å². The Labute approximate surface area is 178 Å². The maximum absolute atomic E-state index is 13.4. The summed E-state index contributed by atoms with van der Waals surface area (Å²) in [4.78, 5) is 19.3. The second kappa shape index (κ2) is 8.31. The van der Waals surface area contributed by atoms with Crippen molar-refractivity contribution in [3.05, 3.63) is 89.4 Å². The van der Waals surface area contributed by atoms with Crippen molar-refractivity contribution in [1.29, 1.82) is 0 Å². The SMILES string of the molecule is COc1ccc(/C=C2/N=C(c3ccc(F)cc3)N(c3ccc(O)cc3)C2=O)c(OC)c1. The monoisotopic (exact) mass is 418 g/mol. The lowest BCUT2D eigenvalue weighted by Gasteiger charge is -2.18. The molecule has 0 fully saturated rings. The van der Waals surface area contributed by atoms with Crippen molar-refractivity contribution in [2.45, 2.75) is 0 Å². The molecule has 0 saturated carbocycles. The number of aromatic hydroxyl groups is 1. The van der Waals surface area contributed by atoms with E-state index in [-0.39, 0.29) is 23.2 Å². The molecular weight excluding hydrogens is 399 g/mol. The van der Waals surface area contributed by atoms with Crippen LogP contribution in [0, 0.1) is 5.82 Å². The molecule has 156 valence electrons. The molecule has 7 heteroatoms. The van der Waals surface area contributed by atoms with Gasteiger partial charge in [-0.15, -0.1) is 0 Å². The molecule has 1 heterocycles. The van der Waals surface area contributed by atoms with Gasteiger partial charge in [-0.05, 0) is 66.7 Å². The normalized spacial score (nSPS) is 14.7. The maximum Gasteiger partial charge on any atom is 0.282 e. The van der Waals surface area contributed by atoms with Gasteiger partial charge in [0, 0.05) is 17.2 Å². The highest BCUT2D eigenvalue weighted by atomic mass is 19.1. The molecule has 6 nitrogen and oxygen atoms in total. The van der Waals surface area contributed by atoms with Gasteiger partial charge >= 0.3 is 0 Å². The van der Waals surface area contributed by atoms with E-state index in [1.54, 1.807) is 55.7 Å². The van der Waals surface area contributed by atoms with Gasteiger partial charge in [0.15, 0.2) is 0 Å².